The molecule has 1 aromatic carbocycles. The van der Waals surface area contributed by atoms with Crippen LogP contribution < -0.4 is 20.5 Å². The van der Waals surface area contributed by atoms with E-state index in [9.17, 15) is 13.2 Å². The maximum atomic E-state index is 12.5. The molecule has 5 rings (SSSR count). The van der Waals surface area contributed by atoms with Gasteiger partial charge in [0.1, 0.15) is 18.0 Å². The first-order valence-electron chi connectivity index (χ1n) is 10.5. The fourth-order valence-corrected chi connectivity index (χ4v) is 5.39. The van der Waals surface area contributed by atoms with Gasteiger partial charge in [0.2, 0.25) is 10.0 Å². The number of aromatic nitrogens is 3. The monoisotopic (exact) mass is 467 g/mol. The van der Waals surface area contributed by atoms with Gasteiger partial charge in [-0.05, 0) is 62.8 Å². The lowest BCUT2D eigenvalue weighted by molar-refractivity contribution is 0.101. The molecule has 10 nitrogen and oxygen atoms in total. The normalized spacial score (nSPS) is 17.2. The third-order valence-corrected chi connectivity index (χ3v) is 7.37. The molecule has 0 bridgehead atoms. The van der Waals surface area contributed by atoms with Crippen LogP contribution in [0.3, 0.4) is 0 Å². The number of carbonyl (C=O) groups excluding carboxylic acids is 1. The van der Waals surface area contributed by atoms with Gasteiger partial charge in [0.25, 0.3) is 0 Å². The van der Waals surface area contributed by atoms with Crippen molar-refractivity contribution in [2.45, 2.75) is 20.3 Å². The van der Waals surface area contributed by atoms with Crippen LogP contribution in [0.15, 0.2) is 60.3 Å². The molecule has 2 aliphatic rings. The summed E-state index contributed by atoms with van der Waals surface area (Å²) in [7, 11) is -3.49. The zero-order chi connectivity index (χ0) is 23.2. The van der Waals surface area contributed by atoms with Crippen molar-refractivity contribution in [1.82, 2.24) is 25.4 Å². The first kappa shape index (κ1) is 21.0. The average Bonchev–Trinajstić information content (AvgIpc) is 3.37. The molecule has 3 aromatic rings. The highest BCUT2D eigenvalue weighted by Crippen LogP contribution is 2.29. The van der Waals surface area contributed by atoms with Crippen LogP contribution >= 0.6 is 0 Å². The number of nitrogens with zero attached hydrogens (tertiary/aromatic N) is 4. The molecule has 0 atom stereocenters. The molecular weight excluding hydrogens is 442 g/mol. The molecule has 3 N–H and O–H groups in total. The standard InChI is InChI=1S/C22H23N7O3S.H2/c1-14-4-8-20(27-26-14)24-16-5-7-18-19(12-16)28(13-23-18)21-9-6-17(15(2)30)22(25-21)29-10-3-11-33(29,31)32;/h4-9,12-13,24,26-27H,3,10-11H2,1-2H3;1H. The topological polar surface area (TPSA) is 121 Å². The minimum atomic E-state index is -3.49. The first-order chi connectivity index (χ1) is 15.8. The number of hydrogen-bond donors (Lipinski definition) is 3. The first-order valence-corrected chi connectivity index (χ1v) is 12.1. The number of rotatable bonds is 5. The fraction of sp³-hybridized carbons (Fsp3) is 0.227. The molecule has 0 radical (unpaired) electrons. The van der Waals surface area contributed by atoms with Crippen LogP contribution in [-0.4, -0.2) is 41.0 Å². The molecule has 172 valence electrons. The molecule has 0 amide bonds. The molecule has 33 heavy (non-hydrogen) atoms. The van der Waals surface area contributed by atoms with E-state index in [1.165, 1.54) is 11.2 Å². The van der Waals surface area contributed by atoms with E-state index in [1.54, 1.807) is 23.0 Å². The number of imidazole rings is 1. The average molecular weight is 468 g/mol. The number of Topliss-reactive ketones (excluding diaryl/α,β-unsaturated/α-hetero) is 1. The van der Waals surface area contributed by atoms with Crippen LogP contribution in [0.5, 0.6) is 0 Å². The van der Waals surface area contributed by atoms with E-state index in [2.05, 4.69) is 26.1 Å². The van der Waals surface area contributed by atoms with Gasteiger partial charge in [-0.3, -0.25) is 19.1 Å². The summed E-state index contributed by atoms with van der Waals surface area (Å²) < 4.78 is 28.1. The Morgan fingerprint density at radius 2 is 2.03 bits per heavy atom. The van der Waals surface area contributed by atoms with Crippen molar-refractivity contribution in [1.29, 1.82) is 0 Å². The summed E-state index contributed by atoms with van der Waals surface area (Å²) in [5.41, 5.74) is 9.78. The van der Waals surface area contributed by atoms with Crippen LogP contribution in [-0.2, 0) is 10.0 Å². The predicted molar refractivity (Wildman–Crippen MR) is 128 cm³/mol. The number of hydrazine groups is 1. The number of nitrogens with one attached hydrogen (secondary N) is 3. The van der Waals surface area contributed by atoms with E-state index in [1.807, 2.05) is 37.3 Å². The number of sulfonamides is 1. The molecule has 11 heteroatoms. The summed E-state index contributed by atoms with van der Waals surface area (Å²) in [5, 5.41) is 3.30. The number of hydrogen-bond acceptors (Lipinski definition) is 8. The Morgan fingerprint density at radius 3 is 2.73 bits per heavy atom. The van der Waals surface area contributed by atoms with Crippen molar-refractivity contribution in [2.75, 3.05) is 21.9 Å². The minimum absolute atomic E-state index is 0. The number of fused-ring (bicyclic) bond motifs is 1. The Kier molecular flexibility index (Phi) is 5.05. The molecule has 1 saturated heterocycles. The minimum Gasteiger partial charge on any atom is -0.341 e. The molecular formula is C22H25N7O3S. The van der Waals surface area contributed by atoms with Crippen LogP contribution in [0.1, 0.15) is 32.1 Å². The van der Waals surface area contributed by atoms with Crippen molar-refractivity contribution in [3.05, 3.63) is 65.9 Å². The van der Waals surface area contributed by atoms with Crippen molar-refractivity contribution in [2.24, 2.45) is 0 Å². The second-order valence-electron chi connectivity index (χ2n) is 7.96. The van der Waals surface area contributed by atoms with Crippen LogP contribution in [0.4, 0.5) is 11.5 Å². The van der Waals surface area contributed by atoms with Gasteiger partial charge in [-0.2, -0.15) is 0 Å². The molecule has 0 spiro atoms. The predicted octanol–water partition coefficient (Wildman–Crippen LogP) is 2.67. The third kappa shape index (κ3) is 3.91. The largest absolute Gasteiger partial charge is 0.341 e. The zero-order valence-electron chi connectivity index (χ0n) is 18.2. The Balaban J connectivity index is 0.00000274. The van der Waals surface area contributed by atoms with E-state index < -0.39 is 10.0 Å². The van der Waals surface area contributed by atoms with E-state index in [4.69, 9.17) is 0 Å². The van der Waals surface area contributed by atoms with Crippen LogP contribution in [0.2, 0.25) is 0 Å². The van der Waals surface area contributed by atoms with Crippen molar-refractivity contribution in [3.8, 4) is 5.82 Å². The summed E-state index contributed by atoms with van der Waals surface area (Å²) in [6.07, 6.45) is 6.02. The lowest BCUT2D eigenvalue weighted by Gasteiger charge is -2.20. The summed E-state index contributed by atoms with van der Waals surface area (Å²) >= 11 is 0. The van der Waals surface area contributed by atoms with Crippen molar-refractivity contribution >= 4 is 38.3 Å². The van der Waals surface area contributed by atoms with Crippen molar-refractivity contribution < 1.29 is 14.6 Å². The number of carbonyl (C=O) groups is 1. The van der Waals surface area contributed by atoms with Gasteiger partial charge in [-0.1, -0.05) is 0 Å². The quantitative estimate of drug-likeness (QED) is 0.490. The van der Waals surface area contributed by atoms with Crippen LogP contribution in [0, 0.1) is 0 Å². The molecule has 0 unspecified atom stereocenters. The van der Waals surface area contributed by atoms with Gasteiger partial charge < -0.3 is 10.7 Å². The maximum Gasteiger partial charge on any atom is 0.236 e. The van der Waals surface area contributed by atoms with Gasteiger partial charge in [0.05, 0.1) is 22.3 Å². The number of allylic oxidation sites excluding steroid dienone is 3. The highest BCUT2D eigenvalue weighted by atomic mass is 32.2. The van der Waals surface area contributed by atoms with Gasteiger partial charge >= 0.3 is 0 Å². The highest BCUT2D eigenvalue weighted by Gasteiger charge is 2.32. The summed E-state index contributed by atoms with van der Waals surface area (Å²) in [5.74, 6) is 1.24. The smallest absolute Gasteiger partial charge is 0.236 e. The molecule has 1 fully saturated rings. The summed E-state index contributed by atoms with van der Waals surface area (Å²) in [6.45, 7) is 3.67. The lowest BCUT2D eigenvalue weighted by Crippen LogP contribution is -2.34. The zero-order valence-corrected chi connectivity index (χ0v) is 19.0. The summed E-state index contributed by atoms with van der Waals surface area (Å²) in [6, 6.07) is 9.07. The second-order valence-corrected chi connectivity index (χ2v) is 9.97. The Morgan fingerprint density at radius 1 is 1.18 bits per heavy atom. The Labute approximate surface area is 192 Å². The van der Waals surface area contributed by atoms with Gasteiger partial charge in [0, 0.05) is 19.4 Å². The molecule has 0 saturated carbocycles. The molecule has 2 aromatic heterocycles. The molecule has 0 aliphatic carbocycles. The Bertz CT molecular complexity index is 1450. The fourth-order valence-electron chi connectivity index (χ4n) is 3.87. The van der Waals surface area contributed by atoms with E-state index in [0.717, 1.165) is 28.2 Å². The third-order valence-electron chi connectivity index (χ3n) is 5.54. The highest BCUT2D eigenvalue weighted by molar-refractivity contribution is 7.93. The van der Waals surface area contributed by atoms with Crippen LogP contribution in [0.25, 0.3) is 16.9 Å². The second kappa shape index (κ2) is 7.93. The maximum absolute atomic E-state index is 12.5. The number of pyridine rings is 1. The molecule has 2 aliphatic heterocycles. The lowest BCUT2D eigenvalue weighted by atomic mass is 10.2. The molecule has 4 heterocycles. The van der Waals surface area contributed by atoms with Gasteiger partial charge in [-0.15, -0.1) is 0 Å². The van der Waals surface area contributed by atoms with Gasteiger partial charge in [0.15, 0.2) is 11.6 Å². The number of benzene rings is 1. The van der Waals surface area contributed by atoms with Gasteiger partial charge in [-0.25, -0.2) is 18.4 Å². The number of anilines is 2. The summed E-state index contributed by atoms with van der Waals surface area (Å²) in [4.78, 5) is 21.2. The Hall–Kier alpha value is -3.86. The van der Waals surface area contributed by atoms with E-state index in [-0.39, 0.29) is 24.3 Å². The van der Waals surface area contributed by atoms with E-state index >= 15 is 0 Å². The SMILES string of the molecule is CC(=O)c1ccc(-n2cnc3ccc(NC4=CC=C(C)NN4)cc32)nc1N1CCCS1(=O)=O.[HH]. The van der Waals surface area contributed by atoms with Crippen molar-refractivity contribution in [3.63, 3.8) is 0 Å². The number of ketones is 1. The van der Waals surface area contributed by atoms with E-state index in [0.29, 0.717) is 18.8 Å².